The van der Waals surface area contributed by atoms with Gasteiger partial charge in [0, 0.05) is 10.6 Å². The maximum Gasteiger partial charge on any atom is 0.275 e. The number of nitrogens with zero attached hydrogens (tertiary/aromatic N) is 2. The first kappa shape index (κ1) is 12.8. The quantitative estimate of drug-likeness (QED) is 0.635. The van der Waals surface area contributed by atoms with Gasteiger partial charge in [-0.2, -0.15) is 10.1 Å². The Hall–Kier alpha value is -2.25. The summed E-state index contributed by atoms with van der Waals surface area (Å²) in [5.74, 6) is 0.369. The normalized spacial score (nSPS) is 10.7. The number of aromatic amines is 3. The molecule has 3 N–H and O–H groups in total. The molecule has 20 heavy (non-hydrogen) atoms. The maximum absolute atomic E-state index is 11.8. The summed E-state index contributed by atoms with van der Waals surface area (Å²) in [5.41, 5.74) is 1.46. The molecule has 0 atom stereocenters. The molecule has 0 bridgehead atoms. The highest BCUT2D eigenvalue weighted by atomic mass is 35.5. The van der Waals surface area contributed by atoms with Crippen molar-refractivity contribution in [3.63, 3.8) is 0 Å². The molecular formula is C12H8ClN5OS. The standard InChI is InChI=1S/C12H8ClN5OS/c13-7-3-1-6(2-4-7)9-5-8(11(19)17-15-9)10-14-12(20)18-16-10/h1-5H,(H,17,19)(H2,14,16,18,20). The highest BCUT2D eigenvalue weighted by molar-refractivity contribution is 7.71. The van der Waals surface area contributed by atoms with Crippen LogP contribution in [0.15, 0.2) is 35.1 Å². The summed E-state index contributed by atoms with van der Waals surface area (Å²) in [7, 11) is 0. The molecule has 0 fully saturated rings. The Kier molecular flexibility index (Phi) is 3.21. The number of rotatable bonds is 2. The minimum atomic E-state index is -0.347. The number of benzene rings is 1. The van der Waals surface area contributed by atoms with Gasteiger partial charge in [-0.25, -0.2) is 5.10 Å². The van der Waals surface area contributed by atoms with Gasteiger partial charge in [0.25, 0.3) is 5.56 Å². The highest BCUT2D eigenvalue weighted by Crippen LogP contribution is 2.21. The Morgan fingerprint density at radius 3 is 2.55 bits per heavy atom. The summed E-state index contributed by atoms with van der Waals surface area (Å²) < 4.78 is 0.282. The molecule has 0 amide bonds. The Morgan fingerprint density at radius 2 is 1.90 bits per heavy atom. The van der Waals surface area contributed by atoms with Gasteiger partial charge in [-0.3, -0.25) is 15.0 Å². The SMILES string of the molecule is O=c1[nH]nc(-c2ccc(Cl)cc2)cc1-c1nc(=S)[nH][nH]1. The zero-order valence-electron chi connectivity index (χ0n) is 9.98. The van der Waals surface area contributed by atoms with Crippen molar-refractivity contribution in [3.05, 3.63) is 50.5 Å². The molecular weight excluding hydrogens is 298 g/mol. The molecule has 2 heterocycles. The summed E-state index contributed by atoms with van der Waals surface area (Å²) in [6, 6.07) is 8.79. The fraction of sp³-hybridized carbons (Fsp3) is 0. The maximum atomic E-state index is 11.8. The molecule has 0 radical (unpaired) electrons. The molecule has 1 aromatic carbocycles. The van der Waals surface area contributed by atoms with Gasteiger partial charge in [-0.1, -0.05) is 23.7 Å². The number of nitrogens with one attached hydrogen (secondary N) is 3. The van der Waals surface area contributed by atoms with Crippen LogP contribution in [0.25, 0.3) is 22.6 Å². The van der Waals surface area contributed by atoms with Crippen molar-refractivity contribution < 1.29 is 0 Å². The molecule has 2 aromatic heterocycles. The third-order valence-electron chi connectivity index (χ3n) is 2.70. The van der Waals surface area contributed by atoms with Crippen LogP contribution in [0.4, 0.5) is 0 Å². The van der Waals surface area contributed by atoms with Crippen molar-refractivity contribution in [2.24, 2.45) is 0 Å². The lowest BCUT2D eigenvalue weighted by Crippen LogP contribution is -2.12. The average molecular weight is 306 g/mol. The lowest BCUT2D eigenvalue weighted by atomic mass is 10.1. The number of halogens is 1. The molecule has 3 aromatic rings. The van der Waals surface area contributed by atoms with Crippen LogP contribution in [0.2, 0.25) is 5.02 Å². The number of hydrogen-bond acceptors (Lipinski definition) is 4. The van der Waals surface area contributed by atoms with E-state index >= 15 is 0 Å². The van der Waals surface area contributed by atoms with Crippen molar-refractivity contribution in [2.75, 3.05) is 0 Å². The third-order valence-corrected chi connectivity index (χ3v) is 3.15. The Balaban J connectivity index is 2.13. The second-order valence-electron chi connectivity index (χ2n) is 4.02. The Labute approximate surface area is 122 Å². The van der Waals surface area contributed by atoms with Crippen LogP contribution >= 0.6 is 23.8 Å². The van der Waals surface area contributed by atoms with Crippen molar-refractivity contribution >= 4 is 23.8 Å². The van der Waals surface area contributed by atoms with E-state index in [1.165, 1.54) is 0 Å². The van der Waals surface area contributed by atoms with Crippen molar-refractivity contribution in [1.29, 1.82) is 0 Å². The fourth-order valence-corrected chi connectivity index (χ4v) is 2.02. The number of aromatic nitrogens is 5. The van der Waals surface area contributed by atoms with E-state index in [1.54, 1.807) is 18.2 Å². The molecule has 0 spiro atoms. The monoisotopic (exact) mass is 305 g/mol. The van der Waals surface area contributed by atoms with E-state index in [0.717, 1.165) is 5.56 Å². The smallest absolute Gasteiger partial charge is 0.275 e. The number of H-pyrrole nitrogens is 3. The van der Waals surface area contributed by atoms with Gasteiger partial charge in [-0.05, 0) is 30.4 Å². The molecule has 0 aliphatic heterocycles. The average Bonchev–Trinajstić information content (AvgIpc) is 2.87. The van der Waals surface area contributed by atoms with E-state index in [2.05, 4.69) is 25.4 Å². The predicted molar refractivity (Wildman–Crippen MR) is 78.1 cm³/mol. The lowest BCUT2D eigenvalue weighted by molar-refractivity contribution is 0.989. The molecule has 3 rings (SSSR count). The van der Waals surface area contributed by atoms with E-state index in [0.29, 0.717) is 22.1 Å². The summed E-state index contributed by atoms with van der Waals surface area (Å²) in [4.78, 5) is 15.8. The van der Waals surface area contributed by atoms with Gasteiger partial charge in [0.1, 0.15) is 0 Å². The second-order valence-corrected chi connectivity index (χ2v) is 4.84. The second kappa shape index (κ2) is 5.03. The molecule has 0 unspecified atom stereocenters. The molecule has 6 nitrogen and oxygen atoms in total. The van der Waals surface area contributed by atoms with Crippen LogP contribution in [0.1, 0.15) is 0 Å². The third kappa shape index (κ3) is 2.40. The van der Waals surface area contributed by atoms with Crippen LogP contribution in [0.5, 0.6) is 0 Å². The summed E-state index contributed by atoms with van der Waals surface area (Å²) in [6.45, 7) is 0. The van der Waals surface area contributed by atoms with Crippen LogP contribution in [0, 0.1) is 4.77 Å². The van der Waals surface area contributed by atoms with Gasteiger partial charge < -0.3 is 0 Å². The number of hydrogen-bond donors (Lipinski definition) is 3. The Morgan fingerprint density at radius 1 is 1.15 bits per heavy atom. The molecule has 8 heteroatoms. The van der Waals surface area contributed by atoms with Crippen molar-refractivity contribution in [1.82, 2.24) is 25.4 Å². The van der Waals surface area contributed by atoms with Crippen molar-refractivity contribution in [2.45, 2.75) is 0 Å². The predicted octanol–water partition coefficient (Wildman–Crippen LogP) is 2.54. The van der Waals surface area contributed by atoms with E-state index in [-0.39, 0.29) is 10.3 Å². The van der Waals surface area contributed by atoms with Crippen molar-refractivity contribution in [3.8, 4) is 22.6 Å². The molecule has 0 saturated carbocycles. The van der Waals surface area contributed by atoms with Crippen LogP contribution < -0.4 is 5.56 Å². The topological polar surface area (TPSA) is 90.2 Å². The van der Waals surface area contributed by atoms with Gasteiger partial charge >= 0.3 is 0 Å². The molecule has 100 valence electrons. The largest absolute Gasteiger partial charge is 0.281 e. The van der Waals surface area contributed by atoms with Gasteiger partial charge in [0.15, 0.2) is 5.82 Å². The minimum absolute atomic E-state index is 0.282. The van der Waals surface area contributed by atoms with Gasteiger partial charge in [0.05, 0.1) is 11.3 Å². The van der Waals surface area contributed by atoms with E-state index in [4.69, 9.17) is 23.8 Å². The van der Waals surface area contributed by atoms with Crippen LogP contribution in [-0.4, -0.2) is 25.4 Å². The molecule has 0 saturated heterocycles. The first-order valence-electron chi connectivity index (χ1n) is 5.64. The van der Waals surface area contributed by atoms with Crippen LogP contribution in [0.3, 0.4) is 0 Å². The first-order valence-corrected chi connectivity index (χ1v) is 6.43. The molecule has 0 aliphatic rings. The molecule has 0 aliphatic carbocycles. The zero-order valence-corrected chi connectivity index (χ0v) is 11.5. The lowest BCUT2D eigenvalue weighted by Gasteiger charge is -2.02. The summed E-state index contributed by atoms with van der Waals surface area (Å²) in [5, 5.41) is 12.5. The zero-order chi connectivity index (χ0) is 14.1. The van der Waals surface area contributed by atoms with Gasteiger partial charge in [-0.15, -0.1) is 0 Å². The fourth-order valence-electron chi connectivity index (χ4n) is 1.75. The minimum Gasteiger partial charge on any atom is -0.281 e. The first-order chi connectivity index (χ1) is 9.63. The van der Waals surface area contributed by atoms with E-state index in [1.807, 2.05) is 12.1 Å². The Bertz CT molecular complexity index is 864. The van der Waals surface area contributed by atoms with E-state index in [9.17, 15) is 4.79 Å². The van der Waals surface area contributed by atoms with Crippen LogP contribution in [-0.2, 0) is 0 Å². The van der Waals surface area contributed by atoms with E-state index < -0.39 is 0 Å². The summed E-state index contributed by atoms with van der Waals surface area (Å²) in [6.07, 6.45) is 0. The highest BCUT2D eigenvalue weighted by Gasteiger charge is 2.10. The summed E-state index contributed by atoms with van der Waals surface area (Å²) >= 11 is 10.7. The van der Waals surface area contributed by atoms with Gasteiger partial charge in [0.2, 0.25) is 4.77 Å².